The third kappa shape index (κ3) is 5.59. The second-order valence-electron chi connectivity index (χ2n) is 4.77. The van der Waals surface area contributed by atoms with E-state index in [1.165, 1.54) is 0 Å². The van der Waals surface area contributed by atoms with Crippen molar-refractivity contribution in [1.82, 2.24) is 0 Å². The van der Waals surface area contributed by atoms with Crippen LogP contribution in [0.1, 0.15) is 22.3 Å². The molecule has 0 saturated carbocycles. The maximum atomic E-state index is 8.35. The highest BCUT2D eigenvalue weighted by Crippen LogP contribution is 2.03. The molecule has 0 amide bonds. The normalized spacial score (nSPS) is 11.6. The van der Waals surface area contributed by atoms with E-state index in [1.54, 1.807) is 24.3 Å². The number of oxime groups is 2. The van der Waals surface area contributed by atoms with Crippen LogP contribution in [0.3, 0.4) is 0 Å². The van der Waals surface area contributed by atoms with Crippen molar-refractivity contribution >= 4 is 11.7 Å². The van der Waals surface area contributed by atoms with E-state index in [4.69, 9.17) is 33.3 Å². The Labute approximate surface area is 140 Å². The largest absolute Gasteiger partial charge is 0.409 e. The Bertz CT molecular complexity index is 619. The fourth-order valence-electron chi connectivity index (χ4n) is 1.74. The molecule has 2 aromatic carbocycles. The fraction of sp³-hybridized carbons (Fsp3) is 0.125. The standard InChI is InChI=1S/2C8H11N3O/c2*9-5-6-1-3-7(4-2-6)8(10)11-12/h2*1-4,12H,5,9H2,(H2,10,11). The molecule has 0 aliphatic rings. The van der Waals surface area contributed by atoms with Crippen molar-refractivity contribution in [3.8, 4) is 0 Å². The van der Waals surface area contributed by atoms with Crippen LogP contribution in [-0.2, 0) is 13.1 Å². The van der Waals surface area contributed by atoms with E-state index in [0.29, 0.717) is 24.2 Å². The molecule has 24 heavy (non-hydrogen) atoms. The van der Waals surface area contributed by atoms with Gasteiger partial charge in [0.1, 0.15) is 0 Å². The van der Waals surface area contributed by atoms with Crippen molar-refractivity contribution in [3.05, 3.63) is 70.8 Å². The average molecular weight is 330 g/mol. The van der Waals surface area contributed by atoms with Gasteiger partial charge in [-0.2, -0.15) is 0 Å². The third-order valence-electron chi connectivity index (χ3n) is 3.19. The summed E-state index contributed by atoms with van der Waals surface area (Å²) in [5.41, 5.74) is 24.9. The summed E-state index contributed by atoms with van der Waals surface area (Å²) in [5, 5.41) is 22.5. The minimum absolute atomic E-state index is 0.110. The van der Waals surface area contributed by atoms with Gasteiger partial charge in [-0.3, -0.25) is 0 Å². The van der Waals surface area contributed by atoms with E-state index < -0.39 is 0 Å². The van der Waals surface area contributed by atoms with Gasteiger partial charge in [-0.25, -0.2) is 0 Å². The molecule has 8 nitrogen and oxygen atoms in total. The minimum Gasteiger partial charge on any atom is -0.409 e. The number of amidine groups is 2. The number of hydrogen-bond donors (Lipinski definition) is 6. The van der Waals surface area contributed by atoms with Gasteiger partial charge >= 0.3 is 0 Å². The zero-order chi connectivity index (χ0) is 17.9. The lowest BCUT2D eigenvalue weighted by Crippen LogP contribution is -2.12. The van der Waals surface area contributed by atoms with Gasteiger partial charge in [-0.15, -0.1) is 0 Å². The molecule has 0 aromatic heterocycles. The van der Waals surface area contributed by atoms with Crippen LogP contribution in [0, 0.1) is 0 Å². The van der Waals surface area contributed by atoms with E-state index in [9.17, 15) is 0 Å². The Kier molecular flexibility index (Phi) is 7.76. The molecule has 2 rings (SSSR count). The molecule has 2 aromatic rings. The van der Waals surface area contributed by atoms with Gasteiger partial charge in [0.25, 0.3) is 0 Å². The third-order valence-corrected chi connectivity index (χ3v) is 3.19. The van der Waals surface area contributed by atoms with Gasteiger partial charge in [0.05, 0.1) is 0 Å². The molecule has 0 spiro atoms. The summed E-state index contributed by atoms with van der Waals surface area (Å²) in [6.45, 7) is 0.993. The Morgan fingerprint density at radius 3 is 1.17 bits per heavy atom. The van der Waals surface area contributed by atoms with Crippen molar-refractivity contribution in [2.45, 2.75) is 13.1 Å². The quantitative estimate of drug-likeness (QED) is 0.206. The molecule has 8 heteroatoms. The van der Waals surface area contributed by atoms with Crippen molar-refractivity contribution in [3.63, 3.8) is 0 Å². The molecule has 0 heterocycles. The smallest absolute Gasteiger partial charge is 0.170 e. The first kappa shape index (κ1) is 18.9. The molecule has 0 bridgehead atoms. The van der Waals surface area contributed by atoms with E-state index in [0.717, 1.165) is 11.1 Å². The summed E-state index contributed by atoms with van der Waals surface area (Å²) in [4.78, 5) is 0. The second-order valence-corrected chi connectivity index (χ2v) is 4.77. The Hall–Kier alpha value is -3.10. The summed E-state index contributed by atoms with van der Waals surface area (Å²) in [6.07, 6.45) is 0. The number of nitrogens with two attached hydrogens (primary N) is 4. The van der Waals surface area contributed by atoms with Crippen LogP contribution in [-0.4, -0.2) is 22.1 Å². The van der Waals surface area contributed by atoms with Crippen LogP contribution in [0.25, 0.3) is 0 Å². The van der Waals surface area contributed by atoms with E-state index in [2.05, 4.69) is 10.3 Å². The Balaban J connectivity index is 0.000000240. The van der Waals surface area contributed by atoms with E-state index in [1.807, 2.05) is 24.3 Å². The fourth-order valence-corrected chi connectivity index (χ4v) is 1.74. The maximum Gasteiger partial charge on any atom is 0.170 e. The van der Waals surface area contributed by atoms with Crippen LogP contribution >= 0.6 is 0 Å². The summed E-state index contributed by atoms with van der Waals surface area (Å²) in [7, 11) is 0. The Morgan fingerprint density at radius 2 is 0.958 bits per heavy atom. The number of benzene rings is 2. The molecular formula is C16H22N6O2. The first-order valence-electron chi connectivity index (χ1n) is 7.09. The van der Waals surface area contributed by atoms with Crippen molar-refractivity contribution in [1.29, 1.82) is 0 Å². The number of nitrogens with zero attached hydrogens (tertiary/aromatic N) is 2. The molecule has 0 atom stereocenters. The van der Waals surface area contributed by atoms with Gasteiger partial charge in [-0.1, -0.05) is 58.8 Å². The van der Waals surface area contributed by atoms with Crippen molar-refractivity contribution < 1.29 is 10.4 Å². The molecule has 0 saturated heterocycles. The summed E-state index contributed by atoms with van der Waals surface area (Å²) < 4.78 is 0. The molecule has 128 valence electrons. The van der Waals surface area contributed by atoms with Crippen molar-refractivity contribution in [2.24, 2.45) is 33.2 Å². The average Bonchev–Trinajstić information content (AvgIpc) is 2.67. The van der Waals surface area contributed by atoms with Crippen LogP contribution < -0.4 is 22.9 Å². The van der Waals surface area contributed by atoms with Crippen LogP contribution in [0.15, 0.2) is 58.8 Å². The first-order valence-corrected chi connectivity index (χ1v) is 7.09. The summed E-state index contributed by atoms with van der Waals surface area (Å²) >= 11 is 0. The summed E-state index contributed by atoms with van der Waals surface area (Å²) in [5.74, 6) is 0.220. The Morgan fingerprint density at radius 1 is 0.667 bits per heavy atom. The molecule has 0 unspecified atom stereocenters. The highest BCUT2D eigenvalue weighted by molar-refractivity contribution is 5.97. The van der Waals surface area contributed by atoms with Gasteiger partial charge in [0, 0.05) is 24.2 Å². The van der Waals surface area contributed by atoms with E-state index >= 15 is 0 Å². The molecule has 0 aliphatic carbocycles. The zero-order valence-corrected chi connectivity index (χ0v) is 13.1. The van der Waals surface area contributed by atoms with Crippen LogP contribution in [0.4, 0.5) is 0 Å². The maximum absolute atomic E-state index is 8.35. The lowest BCUT2D eigenvalue weighted by atomic mass is 10.1. The lowest BCUT2D eigenvalue weighted by Gasteiger charge is -1.99. The zero-order valence-electron chi connectivity index (χ0n) is 13.1. The van der Waals surface area contributed by atoms with Gasteiger partial charge in [0.2, 0.25) is 0 Å². The van der Waals surface area contributed by atoms with E-state index in [-0.39, 0.29) is 11.7 Å². The molecule has 0 fully saturated rings. The monoisotopic (exact) mass is 330 g/mol. The topological polar surface area (TPSA) is 169 Å². The van der Waals surface area contributed by atoms with Gasteiger partial charge < -0.3 is 33.3 Å². The number of rotatable bonds is 4. The highest BCUT2D eigenvalue weighted by atomic mass is 16.4. The van der Waals surface area contributed by atoms with Crippen LogP contribution in [0.5, 0.6) is 0 Å². The highest BCUT2D eigenvalue weighted by Gasteiger charge is 1.98. The molecule has 10 N–H and O–H groups in total. The number of hydrogen-bond acceptors (Lipinski definition) is 6. The van der Waals surface area contributed by atoms with Crippen LogP contribution in [0.2, 0.25) is 0 Å². The molecule has 0 radical (unpaired) electrons. The molecule has 0 aliphatic heterocycles. The first-order chi connectivity index (χ1) is 11.5. The predicted molar refractivity (Wildman–Crippen MR) is 93.7 cm³/mol. The predicted octanol–water partition coefficient (Wildman–Crippen LogP) is 0.480. The minimum atomic E-state index is 0.110. The van der Waals surface area contributed by atoms with Gasteiger partial charge in [-0.05, 0) is 11.1 Å². The SMILES string of the molecule is NCc1ccc(C(N)=NO)cc1.NCc1ccc(C(N)=NO)cc1. The van der Waals surface area contributed by atoms with Gasteiger partial charge in [0.15, 0.2) is 11.7 Å². The summed E-state index contributed by atoms with van der Waals surface area (Å²) in [6, 6.07) is 14.4. The van der Waals surface area contributed by atoms with Crippen molar-refractivity contribution in [2.75, 3.05) is 0 Å². The second kappa shape index (κ2) is 9.82. The molecular weight excluding hydrogens is 308 g/mol. The lowest BCUT2D eigenvalue weighted by molar-refractivity contribution is 0.318.